The van der Waals surface area contributed by atoms with E-state index in [2.05, 4.69) is 22.7 Å². The lowest BCUT2D eigenvalue weighted by Gasteiger charge is -2.39. The average molecular weight is 210 g/mol. The molecular formula is C10H18N4O. The molecule has 1 aliphatic heterocycles. The Morgan fingerprint density at radius 2 is 2.47 bits per heavy atom. The van der Waals surface area contributed by atoms with Crippen LogP contribution in [0.2, 0.25) is 0 Å². The van der Waals surface area contributed by atoms with Crippen LogP contribution in [0.3, 0.4) is 0 Å². The molecule has 0 unspecified atom stereocenters. The first kappa shape index (κ1) is 10.4. The van der Waals surface area contributed by atoms with Gasteiger partial charge in [0.25, 0.3) is 0 Å². The van der Waals surface area contributed by atoms with E-state index in [1.54, 1.807) is 4.68 Å². The summed E-state index contributed by atoms with van der Waals surface area (Å²) in [5.41, 5.74) is 1.09. The molecule has 2 rings (SSSR count). The van der Waals surface area contributed by atoms with Gasteiger partial charge in [0.15, 0.2) is 0 Å². The Hall–Kier alpha value is -1.07. The van der Waals surface area contributed by atoms with Crippen LogP contribution in [0, 0.1) is 0 Å². The highest BCUT2D eigenvalue weighted by molar-refractivity contribution is 5.37. The molecule has 84 valence electrons. The van der Waals surface area contributed by atoms with Crippen molar-refractivity contribution in [1.29, 1.82) is 0 Å². The van der Waals surface area contributed by atoms with Crippen molar-refractivity contribution < 1.29 is 4.74 Å². The zero-order valence-corrected chi connectivity index (χ0v) is 9.29. The minimum Gasteiger partial charge on any atom is -0.380 e. The minimum absolute atomic E-state index is 0.0522. The van der Waals surface area contributed by atoms with Crippen LogP contribution in [0.15, 0.2) is 12.4 Å². The fourth-order valence-corrected chi connectivity index (χ4v) is 1.58. The van der Waals surface area contributed by atoms with Crippen LogP contribution in [-0.4, -0.2) is 41.6 Å². The molecule has 1 aromatic rings. The highest BCUT2D eigenvalue weighted by atomic mass is 16.5. The largest absolute Gasteiger partial charge is 0.380 e. The van der Waals surface area contributed by atoms with E-state index in [0.29, 0.717) is 0 Å². The van der Waals surface area contributed by atoms with E-state index in [1.165, 1.54) is 0 Å². The summed E-state index contributed by atoms with van der Waals surface area (Å²) in [6.45, 7) is 5.60. The van der Waals surface area contributed by atoms with Gasteiger partial charge in [-0.05, 0) is 6.92 Å². The Kier molecular flexibility index (Phi) is 2.93. The van der Waals surface area contributed by atoms with Gasteiger partial charge < -0.3 is 15.4 Å². The van der Waals surface area contributed by atoms with E-state index >= 15 is 0 Å². The van der Waals surface area contributed by atoms with Crippen molar-refractivity contribution in [2.45, 2.75) is 12.5 Å². The molecule has 1 aromatic heterocycles. The maximum atomic E-state index is 5.74. The topological polar surface area (TPSA) is 51.1 Å². The van der Waals surface area contributed by atoms with Crippen molar-refractivity contribution in [2.24, 2.45) is 7.05 Å². The Morgan fingerprint density at radius 1 is 1.67 bits per heavy atom. The number of hydrogen-bond acceptors (Lipinski definition) is 4. The first-order chi connectivity index (χ1) is 7.18. The van der Waals surface area contributed by atoms with Gasteiger partial charge >= 0.3 is 0 Å². The lowest BCUT2D eigenvalue weighted by atomic mass is 10.0. The van der Waals surface area contributed by atoms with Crippen molar-refractivity contribution in [3.63, 3.8) is 0 Å². The Bertz CT molecular complexity index is 319. The van der Waals surface area contributed by atoms with Gasteiger partial charge in [0, 0.05) is 32.9 Å². The minimum atomic E-state index is 0.0522. The zero-order chi connectivity index (χ0) is 10.7. The maximum absolute atomic E-state index is 5.74. The van der Waals surface area contributed by atoms with E-state index in [9.17, 15) is 0 Å². The highest BCUT2D eigenvalue weighted by Crippen LogP contribution is 2.14. The highest BCUT2D eigenvalue weighted by Gasteiger charge is 2.31. The molecular weight excluding hydrogens is 192 g/mol. The fourth-order valence-electron chi connectivity index (χ4n) is 1.58. The summed E-state index contributed by atoms with van der Waals surface area (Å²) in [6, 6.07) is 0. The number of aromatic nitrogens is 2. The van der Waals surface area contributed by atoms with E-state index in [1.807, 2.05) is 19.4 Å². The number of rotatable bonds is 5. The van der Waals surface area contributed by atoms with Gasteiger partial charge in [-0.3, -0.25) is 4.68 Å². The summed E-state index contributed by atoms with van der Waals surface area (Å²) in [6.07, 6.45) is 3.76. The summed E-state index contributed by atoms with van der Waals surface area (Å²) in [7, 11) is 1.91. The summed E-state index contributed by atoms with van der Waals surface area (Å²) in [5.74, 6) is 0. The number of nitrogens with zero attached hydrogens (tertiary/aromatic N) is 2. The van der Waals surface area contributed by atoms with E-state index in [0.717, 1.165) is 31.9 Å². The number of aryl methyl sites for hydroxylation is 1. The van der Waals surface area contributed by atoms with Crippen molar-refractivity contribution >= 4 is 5.69 Å². The predicted molar refractivity (Wildman–Crippen MR) is 58.9 cm³/mol. The molecule has 0 bridgehead atoms. The molecule has 5 heteroatoms. The summed E-state index contributed by atoms with van der Waals surface area (Å²) < 4.78 is 7.52. The van der Waals surface area contributed by atoms with Gasteiger partial charge in [-0.1, -0.05) is 0 Å². The van der Waals surface area contributed by atoms with Crippen LogP contribution in [0.4, 0.5) is 5.69 Å². The third-order valence-corrected chi connectivity index (χ3v) is 2.58. The van der Waals surface area contributed by atoms with Gasteiger partial charge in [0.1, 0.15) is 0 Å². The normalized spacial score (nSPS) is 18.5. The lowest BCUT2D eigenvalue weighted by Crippen LogP contribution is -2.59. The zero-order valence-electron chi connectivity index (χ0n) is 9.29. The van der Waals surface area contributed by atoms with E-state index < -0.39 is 0 Å². The van der Waals surface area contributed by atoms with Crippen LogP contribution < -0.4 is 10.6 Å². The smallest absolute Gasteiger partial charge is 0.0902 e. The van der Waals surface area contributed by atoms with Gasteiger partial charge in [-0.15, -0.1) is 0 Å². The molecule has 0 aromatic carbocycles. The molecule has 0 atom stereocenters. The number of nitrogens with one attached hydrogen (secondary N) is 2. The maximum Gasteiger partial charge on any atom is 0.0902 e. The predicted octanol–water partition coefficient (Wildman–Crippen LogP) is 0.210. The monoisotopic (exact) mass is 210 g/mol. The number of ether oxygens (including phenoxy) is 1. The summed E-state index contributed by atoms with van der Waals surface area (Å²) in [4.78, 5) is 0. The second-order valence-electron chi connectivity index (χ2n) is 4.23. The quantitative estimate of drug-likeness (QED) is 0.682. The third-order valence-electron chi connectivity index (χ3n) is 2.58. The first-order valence-electron chi connectivity index (χ1n) is 5.25. The molecule has 2 heterocycles. The fraction of sp³-hybridized carbons (Fsp3) is 0.700. The Balaban J connectivity index is 1.63. The standard InChI is InChI=1S/C10H18N4O/c1-10(7-11-8-10)15-4-3-12-9-5-13-14(2)6-9/h5-6,11-12H,3-4,7-8H2,1-2H3. The van der Waals surface area contributed by atoms with Gasteiger partial charge in [-0.25, -0.2) is 0 Å². The van der Waals surface area contributed by atoms with Crippen molar-refractivity contribution in [2.75, 3.05) is 31.6 Å². The van der Waals surface area contributed by atoms with Crippen LogP contribution >= 0.6 is 0 Å². The van der Waals surface area contributed by atoms with Crippen molar-refractivity contribution in [1.82, 2.24) is 15.1 Å². The van der Waals surface area contributed by atoms with E-state index in [4.69, 9.17) is 4.74 Å². The second-order valence-corrected chi connectivity index (χ2v) is 4.23. The SMILES string of the molecule is Cn1cc(NCCOC2(C)CNC2)cn1. The molecule has 0 saturated carbocycles. The van der Waals surface area contributed by atoms with Crippen molar-refractivity contribution in [3.8, 4) is 0 Å². The summed E-state index contributed by atoms with van der Waals surface area (Å²) in [5, 5.41) is 10.5. The van der Waals surface area contributed by atoms with Crippen LogP contribution in [0.25, 0.3) is 0 Å². The number of hydrogen-bond donors (Lipinski definition) is 2. The molecule has 1 fully saturated rings. The third kappa shape index (κ3) is 2.70. The molecule has 2 N–H and O–H groups in total. The molecule has 1 aliphatic rings. The molecule has 15 heavy (non-hydrogen) atoms. The molecule has 0 spiro atoms. The van der Waals surface area contributed by atoms with Gasteiger partial charge in [0.05, 0.1) is 24.1 Å². The van der Waals surface area contributed by atoms with Gasteiger partial charge in [-0.2, -0.15) is 5.10 Å². The summed E-state index contributed by atoms with van der Waals surface area (Å²) >= 11 is 0. The lowest BCUT2D eigenvalue weighted by molar-refractivity contribution is -0.0620. The van der Waals surface area contributed by atoms with Crippen LogP contribution in [0.1, 0.15) is 6.92 Å². The van der Waals surface area contributed by atoms with Crippen LogP contribution in [0.5, 0.6) is 0 Å². The number of anilines is 1. The molecule has 1 saturated heterocycles. The molecule has 0 amide bonds. The van der Waals surface area contributed by atoms with Crippen molar-refractivity contribution in [3.05, 3.63) is 12.4 Å². The molecule has 5 nitrogen and oxygen atoms in total. The first-order valence-corrected chi connectivity index (χ1v) is 5.25. The molecule has 0 radical (unpaired) electrons. The van der Waals surface area contributed by atoms with Gasteiger partial charge in [0.2, 0.25) is 0 Å². The van der Waals surface area contributed by atoms with Crippen LogP contribution in [-0.2, 0) is 11.8 Å². The average Bonchev–Trinajstić information content (AvgIpc) is 2.56. The Morgan fingerprint density at radius 3 is 3.00 bits per heavy atom. The Labute approximate surface area is 89.8 Å². The van der Waals surface area contributed by atoms with E-state index in [-0.39, 0.29) is 5.60 Å². The molecule has 0 aliphatic carbocycles. The second kappa shape index (κ2) is 4.20.